The highest BCUT2D eigenvalue weighted by Gasteiger charge is 2.13. The third-order valence-corrected chi connectivity index (χ3v) is 4.23. The van der Waals surface area contributed by atoms with Crippen molar-refractivity contribution in [2.24, 2.45) is 0 Å². The average molecular weight is 386 g/mol. The van der Waals surface area contributed by atoms with Crippen molar-refractivity contribution in [2.45, 2.75) is 6.10 Å². The van der Waals surface area contributed by atoms with Crippen LogP contribution in [0.15, 0.2) is 72.8 Å². The van der Waals surface area contributed by atoms with Gasteiger partial charge in [-0.15, -0.1) is 0 Å². The van der Waals surface area contributed by atoms with Gasteiger partial charge in [0.2, 0.25) is 0 Å². The van der Waals surface area contributed by atoms with Crippen molar-refractivity contribution in [2.75, 3.05) is 11.9 Å². The molecule has 0 spiro atoms. The van der Waals surface area contributed by atoms with E-state index >= 15 is 0 Å². The molecule has 3 aromatic rings. The van der Waals surface area contributed by atoms with Gasteiger partial charge < -0.3 is 15.2 Å². The second kappa shape index (κ2) is 8.66. The molecule has 27 heavy (non-hydrogen) atoms. The zero-order valence-corrected chi connectivity index (χ0v) is 15.0. The fourth-order valence-electron chi connectivity index (χ4n) is 2.49. The molecule has 0 heterocycles. The predicted molar refractivity (Wildman–Crippen MR) is 103 cm³/mol. The Morgan fingerprint density at radius 3 is 2.41 bits per heavy atom. The summed E-state index contributed by atoms with van der Waals surface area (Å²) in [7, 11) is 0. The maximum Gasteiger partial charge on any atom is 0.257 e. The summed E-state index contributed by atoms with van der Waals surface area (Å²) >= 11 is 6.01. The number of aliphatic hydroxyl groups is 1. The molecule has 3 rings (SSSR count). The molecule has 0 radical (unpaired) electrons. The summed E-state index contributed by atoms with van der Waals surface area (Å²) in [4.78, 5) is 12.2. The van der Waals surface area contributed by atoms with Crippen molar-refractivity contribution in [3.63, 3.8) is 0 Å². The van der Waals surface area contributed by atoms with Gasteiger partial charge in [-0.1, -0.05) is 41.9 Å². The van der Waals surface area contributed by atoms with E-state index in [0.29, 0.717) is 22.0 Å². The molecule has 0 fully saturated rings. The fourth-order valence-corrected chi connectivity index (χ4v) is 2.71. The molecule has 0 bridgehead atoms. The Labute approximate surface area is 161 Å². The van der Waals surface area contributed by atoms with E-state index in [-0.39, 0.29) is 18.1 Å². The molecule has 0 aromatic heterocycles. The summed E-state index contributed by atoms with van der Waals surface area (Å²) in [6.07, 6.45) is -1.08. The van der Waals surface area contributed by atoms with E-state index in [2.05, 4.69) is 5.32 Å². The van der Waals surface area contributed by atoms with E-state index in [9.17, 15) is 14.3 Å². The third-order valence-electron chi connectivity index (χ3n) is 3.90. The summed E-state index contributed by atoms with van der Waals surface area (Å²) in [5.41, 5.74) is 1.13. The van der Waals surface area contributed by atoms with Crippen LogP contribution < -0.4 is 10.1 Å². The van der Waals surface area contributed by atoms with E-state index in [4.69, 9.17) is 16.3 Å². The molecule has 0 aliphatic rings. The van der Waals surface area contributed by atoms with Crippen LogP contribution in [0, 0.1) is 5.82 Å². The molecule has 2 N–H and O–H groups in total. The van der Waals surface area contributed by atoms with Crippen LogP contribution in [0.25, 0.3) is 0 Å². The minimum atomic E-state index is -1.08. The van der Waals surface area contributed by atoms with Gasteiger partial charge in [0, 0.05) is 11.3 Å². The van der Waals surface area contributed by atoms with Gasteiger partial charge in [-0.3, -0.25) is 4.79 Å². The van der Waals surface area contributed by atoms with Crippen LogP contribution in [0.1, 0.15) is 22.0 Å². The van der Waals surface area contributed by atoms with Crippen LogP contribution >= 0.6 is 11.6 Å². The quantitative estimate of drug-likeness (QED) is 0.638. The molecule has 1 atom stereocenters. The van der Waals surface area contributed by atoms with Crippen molar-refractivity contribution in [1.29, 1.82) is 0 Å². The van der Waals surface area contributed by atoms with E-state index in [1.807, 2.05) is 0 Å². The number of hydrogen-bond acceptors (Lipinski definition) is 3. The van der Waals surface area contributed by atoms with Gasteiger partial charge in [0.1, 0.15) is 24.3 Å². The number of hydrogen-bond donors (Lipinski definition) is 2. The van der Waals surface area contributed by atoms with Gasteiger partial charge in [-0.05, 0) is 42.5 Å². The van der Waals surface area contributed by atoms with Crippen LogP contribution in [-0.4, -0.2) is 17.6 Å². The zero-order chi connectivity index (χ0) is 19.2. The second-order valence-electron chi connectivity index (χ2n) is 5.81. The van der Waals surface area contributed by atoms with E-state index < -0.39 is 11.9 Å². The molecule has 4 nitrogen and oxygen atoms in total. The lowest BCUT2D eigenvalue weighted by atomic mass is 10.1. The highest BCUT2D eigenvalue weighted by molar-refractivity contribution is 6.34. The van der Waals surface area contributed by atoms with Crippen molar-refractivity contribution < 1.29 is 19.0 Å². The number of carbonyl (C=O) groups excluding carboxylic acids is 1. The number of rotatable bonds is 6. The number of ether oxygens (including phenoxy) is 1. The Morgan fingerprint density at radius 1 is 1.04 bits per heavy atom. The summed E-state index contributed by atoms with van der Waals surface area (Å²) in [5.74, 6) is -0.309. The molecule has 0 saturated carbocycles. The second-order valence-corrected chi connectivity index (χ2v) is 6.21. The first-order chi connectivity index (χ1) is 13.0. The number of benzene rings is 3. The first-order valence-corrected chi connectivity index (χ1v) is 8.63. The SMILES string of the molecule is O=C(Nc1ccc(OC[C@H](O)c2ccccc2F)cc1)c1ccccc1Cl. The van der Waals surface area contributed by atoms with E-state index in [0.717, 1.165) is 0 Å². The number of amides is 1. The fraction of sp³-hybridized carbons (Fsp3) is 0.0952. The number of aliphatic hydroxyl groups excluding tert-OH is 1. The zero-order valence-electron chi connectivity index (χ0n) is 14.2. The van der Waals surface area contributed by atoms with Gasteiger partial charge in [0.15, 0.2) is 0 Å². The topological polar surface area (TPSA) is 58.6 Å². The van der Waals surface area contributed by atoms with E-state index in [1.54, 1.807) is 60.7 Å². The van der Waals surface area contributed by atoms with Crippen LogP contribution in [0.5, 0.6) is 5.75 Å². The molecule has 3 aromatic carbocycles. The summed E-state index contributed by atoms with van der Waals surface area (Å²) < 4.78 is 19.1. The maximum absolute atomic E-state index is 13.6. The Morgan fingerprint density at radius 2 is 1.70 bits per heavy atom. The monoisotopic (exact) mass is 385 g/mol. The minimum Gasteiger partial charge on any atom is -0.491 e. The lowest BCUT2D eigenvalue weighted by molar-refractivity contribution is 0.102. The predicted octanol–water partition coefficient (Wildman–Crippen LogP) is 4.84. The summed E-state index contributed by atoms with van der Waals surface area (Å²) in [6.45, 7) is -0.0910. The molecule has 6 heteroatoms. The van der Waals surface area contributed by atoms with Crippen molar-refractivity contribution in [1.82, 2.24) is 0 Å². The molecular weight excluding hydrogens is 369 g/mol. The van der Waals surface area contributed by atoms with Gasteiger partial charge in [0.05, 0.1) is 10.6 Å². The van der Waals surface area contributed by atoms with Crippen molar-refractivity contribution in [3.8, 4) is 5.75 Å². The van der Waals surface area contributed by atoms with Gasteiger partial charge >= 0.3 is 0 Å². The van der Waals surface area contributed by atoms with Gasteiger partial charge in [-0.25, -0.2) is 4.39 Å². The Kier molecular flexibility index (Phi) is 6.06. The largest absolute Gasteiger partial charge is 0.491 e. The molecule has 0 saturated heterocycles. The molecule has 138 valence electrons. The van der Waals surface area contributed by atoms with Crippen LogP contribution in [0.3, 0.4) is 0 Å². The van der Waals surface area contributed by atoms with Crippen molar-refractivity contribution >= 4 is 23.2 Å². The van der Waals surface area contributed by atoms with Crippen molar-refractivity contribution in [3.05, 3.63) is 94.8 Å². The summed E-state index contributed by atoms with van der Waals surface area (Å²) in [6, 6.07) is 19.4. The lowest BCUT2D eigenvalue weighted by Crippen LogP contribution is -2.13. The number of halogens is 2. The van der Waals surface area contributed by atoms with Crippen LogP contribution in [-0.2, 0) is 0 Å². The molecule has 1 amide bonds. The van der Waals surface area contributed by atoms with Crippen LogP contribution in [0.2, 0.25) is 5.02 Å². The average Bonchev–Trinajstić information content (AvgIpc) is 2.68. The van der Waals surface area contributed by atoms with Gasteiger partial charge in [0.25, 0.3) is 5.91 Å². The standard InChI is InChI=1S/C21H17ClFNO3/c22-18-7-3-1-5-16(18)21(26)24-14-9-11-15(12-10-14)27-13-20(25)17-6-2-4-8-19(17)23/h1-12,20,25H,13H2,(H,24,26)/t20-/m0/s1. The Hall–Kier alpha value is -2.89. The smallest absolute Gasteiger partial charge is 0.257 e. The Bertz CT molecular complexity index is 931. The first-order valence-electron chi connectivity index (χ1n) is 8.26. The molecule has 0 aliphatic heterocycles. The Balaban J connectivity index is 1.58. The normalized spacial score (nSPS) is 11.7. The highest BCUT2D eigenvalue weighted by atomic mass is 35.5. The summed E-state index contributed by atoms with van der Waals surface area (Å²) in [5, 5.41) is 13.2. The minimum absolute atomic E-state index is 0.0910. The number of anilines is 1. The molecule has 0 unspecified atom stereocenters. The number of carbonyl (C=O) groups is 1. The lowest BCUT2D eigenvalue weighted by Gasteiger charge is -2.14. The van der Waals surface area contributed by atoms with Crippen LogP contribution in [0.4, 0.5) is 10.1 Å². The molecule has 0 aliphatic carbocycles. The third kappa shape index (κ3) is 4.84. The van der Waals surface area contributed by atoms with E-state index in [1.165, 1.54) is 12.1 Å². The highest BCUT2D eigenvalue weighted by Crippen LogP contribution is 2.22. The first kappa shape index (κ1) is 18.9. The number of nitrogens with one attached hydrogen (secondary N) is 1. The maximum atomic E-state index is 13.6. The molecular formula is C21H17ClFNO3. The van der Waals surface area contributed by atoms with Gasteiger partial charge in [-0.2, -0.15) is 0 Å².